The molecule has 0 amide bonds. The summed E-state index contributed by atoms with van der Waals surface area (Å²) in [5, 5.41) is 3.38. The van der Waals surface area contributed by atoms with Crippen LogP contribution in [0, 0.1) is 0 Å². The van der Waals surface area contributed by atoms with Crippen molar-refractivity contribution in [1.29, 1.82) is 0 Å². The zero-order chi connectivity index (χ0) is 28.2. The number of rotatable bonds is 8. The van der Waals surface area contributed by atoms with Crippen molar-refractivity contribution in [2.75, 3.05) is 21.3 Å². The molecule has 7 nitrogen and oxygen atoms in total. The number of nitrogens with one attached hydrogen (secondary N) is 1. The molecule has 1 aliphatic heterocycles. The smallest absolute Gasteiger partial charge is 0.336 e. The largest absolute Gasteiger partial charge is 0.493 e. The van der Waals surface area contributed by atoms with Gasteiger partial charge in [-0.1, -0.05) is 54.6 Å². The first-order valence-electron chi connectivity index (χ1n) is 13.2. The molecule has 3 aromatic rings. The topological polar surface area (TPSA) is 83.1 Å². The summed E-state index contributed by atoms with van der Waals surface area (Å²) in [6, 6.07) is 23.2. The van der Waals surface area contributed by atoms with Crippen molar-refractivity contribution in [3.05, 3.63) is 112 Å². The van der Waals surface area contributed by atoms with Gasteiger partial charge in [0.15, 0.2) is 17.3 Å². The molecule has 0 saturated heterocycles. The molecular weight excluding hydrogens is 506 g/mol. The van der Waals surface area contributed by atoms with E-state index in [9.17, 15) is 9.59 Å². The Bertz CT molecular complexity index is 1490. The number of benzene rings is 3. The van der Waals surface area contributed by atoms with Crippen LogP contribution in [0.5, 0.6) is 17.2 Å². The van der Waals surface area contributed by atoms with E-state index < -0.39 is 11.9 Å². The average molecular weight is 540 g/mol. The van der Waals surface area contributed by atoms with Gasteiger partial charge in [0.1, 0.15) is 12.4 Å². The number of Topliss-reactive ketones (excluding diaryl/α,β-unsaturated/α-hetero) is 1. The first kappa shape index (κ1) is 27.1. The van der Waals surface area contributed by atoms with Crippen molar-refractivity contribution in [2.45, 2.75) is 38.2 Å². The van der Waals surface area contributed by atoms with Crippen LogP contribution in [0.25, 0.3) is 0 Å². The molecule has 0 unspecified atom stereocenters. The van der Waals surface area contributed by atoms with Gasteiger partial charge in [-0.2, -0.15) is 0 Å². The van der Waals surface area contributed by atoms with Crippen molar-refractivity contribution >= 4 is 11.8 Å². The third-order valence-electron chi connectivity index (χ3n) is 7.58. The molecule has 0 spiro atoms. The maximum absolute atomic E-state index is 14.0. The minimum Gasteiger partial charge on any atom is -0.493 e. The fraction of sp³-hybridized carbons (Fsp3) is 0.273. The third-order valence-corrected chi connectivity index (χ3v) is 7.58. The van der Waals surface area contributed by atoms with Gasteiger partial charge in [0, 0.05) is 29.0 Å². The fourth-order valence-electron chi connectivity index (χ4n) is 5.66. The molecule has 40 heavy (non-hydrogen) atoms. The summed E-state index contributed by atoms with van der Waals surface area (Å²) in [6.07, 6.45) is 0.902. The summed E-state index contributed by atoms with van der Waals surface area (Å²) in [4.78, 5) is 27.1. The highest BCUT2D eigenvalue weighted by atomic mass is 16.5. The van der Waals surface area contributed by atoms with Gasteiger partial charge in [-0.05, 0) is 48.6 Å². The summed E-state index contributed by atoms with van der Waals surface area (Å²) < 4.78 is 22.4. The predicted molar refractivity (Wildman–Crippen MR) is 151 cm³/mol. The van der Waals surface area contributed by atoms with E-state index in [-0.39, 0.29) is 11.7 Å². The Kier molecular flexibility index (Phi) is 7.91. The second-order valence-electron chi connectivity index (χ2n) is 9.94. The SMILES string of the molecule is COC(=O)C1=C(C)NC2=C(C(=O)C[C@H](c3ccc(OC)c(OC)c3)C2)[C@@H]1c1ccccc1OCc1ccccc1. The molecule has 1 aliphatic carbocycles. The highest BCUT2D eigenvalue weighted by Gasteiger charge is 2.42. The number of hydrogen-bond donors (Lipinski definition) is 1. The van der Waals surface area contributed by atoms with E-state index in [0.717, 1.165) is 22.4 Å². The van der Waals surface area contributed by atoms with Gasteiger partial charge < -0.3 is 24.3 Å². The number of carbonyl (C=O) groups is 2. The molecule has 206 valence electrons. The maximum atomic E-state index is 14.0. The van der Waals surface area contributed by atoms with Crippen LogP contribution >= 0.6 is 0 Å². The zero-order valence-electron chi connectivity index (χ0n) is 23.2. The molecule has 5 rings (SSSR count). The maximum Gasteiger partial charge on any atom is 0.336 e. The Morgan fingerprint density at radius 3 is 2.33 bits per heavy atom. The number of ether oxygens (including phenoxy) is 4. The van der Waals surface area contributed by atoms with Gasteiger partial charge in [0.25, 0.3) is 0 Å². The molecule has 0 saturated carbocycles. The number of ketones is 1. The quantitative estimate of drug-likeness (QED) is 0.361. The number of dihydropyridines is 1. The summed E-state index contributed by atoms with van der Waals surface area (Å²) >= 11 is 0. The van der Waals surface area contributed by atoms with Crippen LogP contribution in [-0.4, -0.2) is 33.1 Å². The highest BCUT2D eigenvalue weighted by Crippen LogP contribution is 2.48. The van der Waals surface area contributed by atoms with Crippen LogP contribution in [0.1, 0.15) is 48.3 Å². The normalized spacial score (nSPS) is 18.6. The molecular formula is C33H33NO6. The van der Waals surface area contributed by atoms with Crippen molar-refractivity contribution in [3.63, 3.8) is 0 Å². The third kappa shape index (κ3) is 5.19. The van der Waals surface area contributed by atoms with Crippen molar-refractivity contribution in [2.24, 2.45) is 0 Å². The first-order valence-corrected chi connectivity index (χ1v) is 13.2. The summed E-state index contributed by atoms with van der Waals surface area (Å²) in [5.41, 5.74) is 5.23. The van der Waals surface area contributed by atoms with Gasteiger partial charge in [0.2, 0.25) is 0 Å². The lowest BCUT2D eigenvalue weighted by Crippen LogP contribution is -2.36. The predicted octanol–water partition coefficient (Wildman–Crippen LogP) is 5.82. The molecule has 2 aliphatic rings. The lowest BCUT2D eigenvalue weighted by Gasteiger charge is -2.37. The Hall–Kier alpha value is -4.52. The second-order valence-corrected chi connectivity index (χ2v) is 9.94. The molecule has 1 heterocycles. The number of esters is 1. The Morgan fingerprint density at radius 2 is 1.60 bits per heavy atom. The fourth-order valence-corrected chi connectivity index (χ4v) is 5.66. The van der Waals surface area contributed by atoms with E-state index in [1.165, 1.54) is 7.11 Å². The lowest BCUT2D eigenvalue weighted by molar-refractivity contribution is -0.136. The van der Waals surface area contributed by atoms with Crippen LogP contribution in [-0.2, 0) is 20.9 Å². The van der Waals surface area contributed by atoms with E-state index in [0.29, 0.717) is 53.5 Å². The van der Waals surface area contributed by atoms with E-state index in [1.54, 1.807) is 14.2 Å². The van der Waals surface area contributed by atoms with Crippen molar-refractivity contribution < 1.29 is 28.5 Å². The van der Waals surface area contributed by atoms with Gasteiger partial charge in [-0.15, -0.1) is 0 Å². The van der Waals surface area contributed by atoms with Crippen molar-refractivity contribution in [3.8, 4) is 17.2 Å². The van der Waals surface area contributed by atoms with Crippen LogP contribution in [0.4, 0.5) is 0 Å². The van der Waals surface area contributed by atoms with Gasteiger partial charge in [-0.25, -0.2) is 4.79 Å². The number of para-hydroxylation sites is 1. The molecule has 0 radical (unpaired) electrons. The molecule has 0 aromatic heterocycles. The second kappa shape index (κ2) is 11.7. The Morgan fingerprint density at radius 1 is 0.875 bits per heavy atom. The minimum atomic E-state index is -0.616. The molecule has 1 N–H and O–H groups in total. The standard InChI is InChI=1S/C33H33NO6/c1-20-30(33(36)39-4)31(24-12-8-9-13-27(24)40-19-21-10-6-5-7-11-21)32-25(34-20)16-23(17-26(32)35)22-14-15-28(37-2)29(18-22)38-3/h5-15,18,23,31,34H,16-17,19H2,1-4H3/t23-,31-/m1/s1. The minimum absolute atomic E-state index is 0.0229. The number of allylic oxidation sites excluding steroid dienone is 3. The first-order chi connectivity index (χ1) is 19.4. The van der Waals surface area contributed by atoms with E-state index in [1.807, 2.05) is 79.7 Å². The summed E-state index contributed by atoms with van der Waals surface area (Å²) in [7, 11) is 4.55. The molecule has 7 heteroatoms. The summed E-state index contributed by atoms with van der Waals surface area (Å²) in [5.74, 6) is 0.701. The number of hydrogen-bond acceptors (Lipinski definition) is 7. The van der Waals surface area contributed by atoms with Gasteiger partial charge >= 0.3 is 5.97 Å². The van der Waals surface area contributed by atoms with Gasteiger partial charge in [-0.3, -0.25) is 4.79 Å². The van der Waals surface area contributed by atoms with Crippen LogP contribution in [0.15, 0.2) is 95.3 Å². The van der Waals surface area contributed by atoms with E-state index in [2.05, 4.69) is 5.32 Å². The molecule has 2 atom stereocenters. The average Bonchev–Trinajstić information content (AvgIpc) is 2.99. The van der Waals surface area contributed by atoms with Crippen LogP contribution < -0.4 is 19.5 Å². The molecule has 3 aromatic carbocycles. The van der Waals surface area contributed by atoms with Crippen LogP contribution in [0.2, 0.25) is 0 Å². The Labute approximate surface area is 234 Å². The summed E-state index contributed by atoms with van der Waals surface area (Å²) in [6.45, 7) is 2.21. The molecule has 0 fully saturated rings. The van der Waals surface area contributed by atoms with Gasteiger partial charge in [0.05, 0.1) is 32.8 Å². The molecule has 0 bridgehead atoms. The van der Waals surface area contributed by atoms with E-state index >= 15 is 0 Å². The Balaban J connectivity index is 1.55. The monoisotopic (exact) mass is 539 g/mol. The highest BCUT2D eigenvalue weighted by molar-refractivity contribution is 6.04. The van der Waals surface area contributed by atoms with Crippen molar-refractivity contribution in [1.82, 2.24) is 5.32 Å². The van der Waals surface area contributed by atoms with Crippen LogP contribution in [0.3, 0.4) is 0 Å². The lowest BCUT2D eigenvalue weighted by atomic mass is 9.71. The van der Waals surface area contributed by atoms with E-state index in [4.69, 9.17) is 18.9 Å². The number of methoxy groups -OCH3 is 3. The number of carbonyl (C=O) groups excluding carboxylic acids is 2. The zero-order valence-corrected chi connectivity index (χ0v) is 23.2.